The molecule has 1 aromatic heterocycles. The zero-order valence-electron chi connectivity index (χ0n) is 10.1. The molecule has 0 saturated carbocycles. The van der Waals surface area contributed by atoms with Crippen molar-refractivity contribution in [2.24, 2.45) is 0 Å². The van der Waals surface area contributed by atoms with E-state index in [-0.39, 0.29) is 5.91 Å². The number of amides is 1. The minimum absolute atomic E-state index is 0.0431. The summed E-state index contributed by atoms with van der Waals surface area (Å²) >= 11 is 8.31. The fourth-order valence-electron chi connectivity index (χ4n) is 2.12. The second-order valence-electron chi connectivity index (χ2n) is 4.88. The molecule has 3 nitrogen and oxygen atoms in total. The van der Waals surface area contributed by atoms with Crippen LogP contribution in [0, 0.1) is 0 Å². The number of likely N-dealkylation sites (tertiary alicyclic amines) is 1. The van der Waals surface area contributed by atoms with Gasteiger partial charge < -0.3 is 10.0 Å². The molecular formula is C12H15Br2NO2S. The Balaban J connectivity index is 2.12. The lowest BCUT2D eigenvalue weighted by atomic mass is 9.98. The number of rotatable bonds is 1. The molecule has 1 atom stereocenters. The minimum atomic E-state index is -0.637. The minimum Gasteiger partial charge on any atom is -0.390 e. The fourth-order valence-corrected chi connectivity index (χ4v) is 4.90. The predicted octanol–water partition coefficient (Wildman–Crippen LogP) is 3.65. The van der Waals surface area contributed by atoms with Crippen LogP contribution in [0.2, 0.25) is 0 Å². The van der Waals surface area contributed by atoms with Gasteiger partial charge in [-0.15, -0.1) is 11.3 Å². The molecule has 0 aromatic carbocycles. The van der Waals surface area contributed by atoms with Crippen molar-refractivity contribution in [1.82, 2.24) is 4.90 Å². The monoisotopic (exact) mass is 395 g/mol. The van der Waals surface area contributed by atoms with Gasteiger partial charge in [-0.2, -0.15) is 0 Å². The summed E-state index contributed by atoms with van der Waals surface area (Å²) in [5, 5.41) is 10.0. The molecule has 18 heavy (non-hydrogen) atoms. The van der Waals surface area contributed by atoms with Gasteiger partial charge in [0.05, 0.1) is 18.7 Å². The van der Waals surface area contributed by atoms with Gasteiger partial charge in [-0.1, -0.05) is 0 Å². The molecule has 0 bridgehead atoms. The highest BCUT2D eigenvalue weighted by Gasteiger charge is 2.28. The molecular weight excluding hydrogens is 382 g/mol. The van der Waals surface area contributed by atoms with E-state index < -0.39 is 5.60 Å². The van der Waals surface area contributed by atoms with Crippen molar-refractivity contribution in [3.8, 4) is 0 Å². The molecule has 0 radical (unpaired) electrons. The Morgan fingerprint density at radius 1 is 1.44 bits per heavy atom. The summed E-state index contributed by atoms with van der Waals surface area (Å²) in [6.45, 7) is 3.18. The van der Waals surface area contributed by atoms with Gasteiger partial charge in [-0.05, 0) is 64.1 Å². The Morgan fingerprint density at radius 2 is 2.17 bits per heavy atom. The number of hydrogen-bond donors (Lipinski definition) is 1. The second kappa shape index (κ2) is 5.61. The molecule has 1 saturated heterocycles. The Morgan fingerprint density at radius 3 is 2.78 bits per heavy atom. The van der Waals surface area contributed by atoms with Gasteiger partial charge in [0, 0.05) is 13.1 Å². The number of halogens is 2. The van der Waals surface area contributed by atoms with E-state index in [1.807, 2.05) is 17.9 Å². The van der Waals surface area contributed by atoms with Crippen molar-refractivity contribution in [3.63, 3.8) is 0 Å². The molecule has 1 aliphatic heterocycles. The number of hydrogen-bond acceptors (Lipinski definition) is 3. The number of thiophene rings is 1. The zero-order valence-corrected chi connectivity index (χ0v) is 14.1. The highest BCUT2D eigenvalue weighted by molar-refractivity contribution is 9.12. The maximum Gasteiger partial charge on any atom is 0.255 e. The van der Waals surface area contributed by atoms with Crippen LogP contribution >= 0.6 is 43.2 Å². The summed E-state index contributed by atoms with van der Waals surface area (Å²) in [6.07, 6.45) is 2.24. The van der Waals surface area contributed by atoms with Gasteiger partial charge in [0.25, 0.3) is 5.91 Å². The first kappa shape index (κ1) is 14.5. The van der Waals surface area contributed by atoms with E-state index in [1.54, 1.807) is 0 Å². The average molecular weight is 397 g/mol. The van der Waals surface area contributed by atoms with Crippen LogP contribution in [0.4, 0.5) is 0 Å². The molecule has 1 aromatic rings. The van der Waals surface area contributed by atoms with E-state index in [9.17, 15) is 9.90 Å². The maximum absolute atomic E-state index is 12.4. The number of aliphatic hydroxyl groups is 1. The van der Waals surface area contributed by atoms with Crippen LogP contribution in [0.3, 0.4) is 0 Å². The molecule has 6 heteroatoms. The molecule has 1 unspecified atom stereocenters. The quantitative estimate of drug-likeness (QED) is 0.786. The number of nitrogens with zero attached hydrogens (tertiary/aromatic N) is 1. The standard InChI is InChI=1S/C12H15Br2NO2S/c1-12(17)3-2-5-15(6-4-12)11(16)8-7-9(13)18-10(8)14/h7,17H,2-6H2,1H3. The largest absolute Gasteiger partial charge is 0.390 e. The van der Waals surface area contributed by atoms with Gasteiger partial charge in [-0.3, -0.25) is 4.79 Å². The molecule has 1 fully saturated rings. The van der Waals surface area contributed by atoms with Gasteiger partial charge in [0.15, 0.2) is 0 Å². The van der Waals surface area contributed by atoms with E-state index in [4.69, 9.17) is 0 Å². The Bertz CT molecular complexity index is 459. The molecule has 2 heterocycles. The number of carbonyl (C=O) groups is 1. The van der Waals surface area contributed by atoms with Crippen LogP contribution in [-0.4, -0.2) is 34.6 Å². The normalized spacial score (nSPS) is 25.0. The van der Waals surface area contributed by atoms with Crippen molar-refractivity contribution in [3.05, 3.63) is 19.2 Å². The fraction of sp³-hybridized carbons (Fsp3) is 0.583. The Kier molecular flexibility index (Phi) is 4.52. The molecule has 2 rings (SSSR count). The summed E-state index contributed by atoms with van der Waals surface area (Å²) in [4.78, 5) is 14.2. The third-order valence-corrected chi connectivity index (χ3v) is 5.58. The second-order valence-corrected chi connectivity index (χ2v) is 8.63. The van der Waals surface area contributed by atoms with E-state index in [1.165, 1.54) is 11.3 Å². The van der Waals surface area contributed by atoms with Gasteiger partial charge in [0.1, 0.15) is 0 Å². The first-order chi connectivity index (χ1) is 8.39. The van der Waals surface area contributed by atoms with E-state index >= 15 is 0 Å². The molecule has 0 spiro atoms. The summed E-state index contributed by atoms with van der Waals surface area (Å²) in [7, 11) is 0. The van der Waals surface area contributed by atoms with Crippen molar-refractivity contribution in [2.75, 3.05) is 13.1 Å². The van der Waals surface area contributed by atoms with Crippen molar-refractivity contribution in [2.45, 2.75) is 31.8 Å². The molecule has 100 valence electrons. The maximum atomic E-state index is 12.4. The van der Waals surface area contributed by atoms with Gasteiger partial charge in [0.2, 0.25) is 0 Å². The SMILES string of the molecule is CC1(O)CCCN(C(=O)c2cc(Br)sc2Br)CC1. The van der Waals surface area contributed by atoms with Crippen molar-refractivity contribution in [1.29, 1.82) is 0 Å². The molecule has 0 aliphatic carbocycles. The average Bonchev–Trinajstić information content (AvgIpc) is 2.50. The molecule has 1 amide bonds. The topological polar surface area (TPSA) is 40.5 Å². The first-order valence-electron chi connectivity index (χ1n) is 5.85. The highest BCUT2D eigenvalue weighted by Crippen LogP contribution is 2.33. The predicted molar refractivity (Wildman–Crippen MR) is 80.1 cm³/mol. The summed E-state index contributed by atoms with van der Waals surface area (Å²) in [5.41, 5.74) is 0.0648. The Labute approximate surface area is 127 Å². The van der Waals surface area contributed by atoms with Crippen LogP contribution in [0.25, 0.3) is 0 Å². The summed E-state index contributed by atoms with van der Waals surface area (Å²) in [5.74, 6) is 0.0431. The van der Waals surface area contributed by atoms with Crippen molar-refractivity contribution < 1.29 is 9.90 Å². The Hall–Kier alpha value is 0.0900. The van der Waals surface area contributed by atoms with Crippen LogP contribution in [-0.2, 0) is 0 Å². The van der Waals surface area contributed by atoms with Crippen LogP contribution in [0.5, 0.6) is 0 Å². The molecule has 1 aliphatic rings. The van der Waals surface area contributed by atoms with Crippen LogP contribution in [0.1, 0.15) is 36.5 Å². The van der Waals surface area contributed by atoms with E-state index in [2.05, 4.69) is 31.9 Å². The lowest BCUT2D eigenvalue weighted by molar-refractivity contribution is 0.0438. The third kappa shape index (κ3) is 3.35. The third-order valence-electron chi connectivity index (χ3n) is 3.24. The lowest BCUT2D eigenvalue weighted by Gasteiger charge is -2.22. The van der Waals surface area contributed by atoms with Crippen LogP contribution < -0.4 is 0 Å². The van der Waals surface area contributed by atoms with Crippen molar-refractivity contribution >= 4 is 49.1 Å². The van der Waals surface area contributed by atoms with Gasteiger partial charge in [-0.25, -0.2) is 0 Å². The number of carbonyl (C=O) groups excluding carboxylic acids is 1. The van der Waals surface area contributed by atoms with E-state index in [0.29, 0.717) is 18.5 Å². The summed E-state index contributed by atoms with van der Waals surface area (Å²) in [6, 6.07) is 1.85. The van der Waals surface area contributed by atoms with Gasteiger partial charge >= 0.3 is 0 Å². The van der Waals surface area contributed by atoms with Crippen LogP contribution in [0.15, 0.2) is 13.6 Å². The lowest BCUT2D eigenvalue weighted by Crippen LogP contribution is -2.33. The highest BCUT2D eigenvalue weighted by atomic mass is 79.9. The first-order valence-corrected chi connectivity index (χ1v) is 8.26. The smallest absolute Gasteiger partial charge is 0.255 e. The zero-order chi connectivity index (χ0) is 13.3. The summed E-state index contributed by atoms with van der Waals surface area (Å²) < 4.78 is 1.80. The molecule has 1 N–H and O–H groups in total. The van der Waals surface area contributed by atoms with E-state index in [0.717, 1.165) is 27.0 Å².